The van der Waals surface area contributed by atoms with E-state index in [-0.39, 0.29) is 24.0 Å². The van der Waals surface area contributed by atoms with Crippen molar-refractivity contribution in [3.63, 3.8) is 0 Å². The molecule has 0 aliphatic rings. The van der Waals surface area contributed by atoms with Crippen molar-refractivity contribution < 1.29 is 4.74 Å². The number of hydrogen-bond donors (Lipinski definition) is 3. The number of anilines is 1. The summed E-state index contributed by atoms with van der Waals surface area (Å²) in [6.45, 7) is 4.22. The van der Waals surface area contributed by atoms with Crippen molar-refractivity contribution in [1.82, 2.24) is 30.4 Å². The summed E-state index contributed by atoms with van der Waals surface area (Å²) in [6, 6.07) is 6.22. The van der Waals surface area contributed by atoms with E-state index in [4.69, 9.17) is 4.74 Å². The molecule has 0 radical (unpaired) electrons. The lowest BCUT2D eigenvalue weighted by atomic mass is 10.1. The van der Waals surface area contributed by atoms with Crippen LogP contribution in [0, 0.1) is 6.92 Å². The van der Waals surface area contributed by atoms with E-state index in [9.17, 15) is 0 Å². The number of nitrogens with zero attached hydrogens (tertiary/aromatic N) is 5. The molecule has 3 aromatic rings. The fourth-order valence-corrected chi connectivity index (χ4v) is 3.10. The number of aromatic nitrogens is 4. The Labute approximate surface area is 193 Å². The number of methoxy groups -OCH3 is 1. The van der Waals surface area contributed by atoms with Gasteiger partial charge in [-0.05, 0) is 25.0 Å². The van der Waals surface area contributed by atoms with Crippen LogP contribution in [0.15, 0.2) is 35.7 Å². The van der Waals surface area contributed by atoms with Crippen molar-refractivity contribution in [1.29, 1.82) is 0 Å². The van der Waals surface area contributed by atoms with Gasteiger partial charge in [-0.15, -0.1) is 24.0 Å². The van der Waals surface area contributed by atoms with E-state index in [0.29, 0.717) is 13.1 Å². The second kappa shape index (κ2) is 11.5. The lowest BCUT2D eigenvalue weighted by Crippen LogP contribution is -2.40. The number of nitrogens with one attached hydrogen (secondary N) is 3. The number of guanidine groups is 1. The van der Waals surface area contributed by atoms with E-state index >= 15 is 0 Å². The second-order valence-electron chi connectivity index (χ2n) is 6.65. The van der Waals surface area contributed by atoms with Crippen molar-refractivity contribution in [2.24, 2.45) is 12.0 Å². The summed E-state index contributed by atoms with van der Waals surface area (Å²) in [5, 5.41) is 15.1. The molecule has 9 nitrogen and oxygen atoms in total. The van der Waals surface area contributed by atoms with E-state index in [0.717, 1.165) is 41.5 Å². The van der Waals surface area contributed by atoms with Gasteiger partial charge in [-0.3, -0.25) is 9.67 Å². The van der Waals surface area contributed by atoms with Crippen LogP contribution in [0.25, 0.3) is 11.0 Å². The lowest BCUT2D eigenvalue weighted by Gasteiger charge is -2.14. The Bertz CT molecular complexity index is 988. The summed E-state index contributed by atoms with van der Waals surface area (Å²) >= 11 is 0. The number of halogens is 1. The maximum Gasteiger partial charge on any atom is 0.191 e. The summed E-state index contributed by atoms with van der Waals surface area (Å²) in [7, 11) is 5.33. The van der Waals surface area contributed by atoms with Crippen molar-refractivity contribution >= 4 is 46.8 Å². The smallest absolute Gasteiger partial charge is 0.191 e. The number of aryl methyl sites for hydroxylation is 2. The number of aliphatic imine (C=N–C) groups is 1. The largest absolute Gasteiger partial charge is 0.496 e. The highest BCUT2D eigenvalue weighted by molar-refractivity contribution is 14.0. The molecule has 0 unspecified atom stereocenters. The summed E-state index contributed by atoms with van der Waals surface area (Å²) in [5.41, 5.74) is 3.21. The van der Waals surface area contributed by atoms with Gasteiger partial charge >= 0.3 is 0 Å². The van der Waals surface area contributed by atoms with E-state index in [1.807, 2.05) is 13.1 Å². The fraction of sp³-hybridized carbons (Fsp3) is 0.400. The number of hydrogen-bond acceptors (Lipinski definition) is 6. The molecule has 2 heterocycles. The van der Waals surface area contributed by atoms with Crippen LogP contribution in [0.5, 0.6) is 5.75 Å². The molecule has 0 saturated heterocycles. The van der Waals surface area contributed by atoms with Gasteiger partial charge in [-0.2, -0.15) is 5.10 Å². The maximum atomic E-state index is 5.44. The highest BCUT2D eigenvalue weighted by atomic mass is 127. The standard InChI is InChI=1S/C20H28N8O.HI/c1-14-5-6-17(29-4)15(11-14)7-8-23-20(21-2)24-10-9-22-18-16-12-27-28(3)19(16)26-13-25-18;/h5-6,11-13H,7-10H2,1-4H3,(H2,21,23,24)(H,22,25,26);1H. The molecular formula is C20H29IN8O. The Morgan fingerprint density at radius 2 is 1.97 bits per heavy atom. The Morgan fingerprint density at radius 1 is 1.17 bits per heavy atom. The van der Waals surface area contributed by atoms with Crippen molar-refractivity contribution in [3.8, 4) is 5.75 Å². The monoisotopic (exact) mass is 524 g/mol. The van der Waals surface area contributed by atoms with Crippen LogP contribution in [0.1, 0.15) is 11.1 Å². The first kappa shape index (κ1) is 23.6. The molecule has 162 valence electrons. The zero-order chi connectivity index (χ0) is 20.6. The van der Waals surface area contributed by atoms with Crippen LogP contribution in [0.4, 0.5) is 5.82 Å². The van der Waals surface area contributed by atoms with Crippen LogP contribution < -0.4 is 20.7 Å². The average Bonchev–Trinajstić information content (AvgIpc) is 3.11. The third-order valence-electron chi connectivity index (χ3n) is 4.59. The first-order chi connectivity index (χ1) is 14.1. The summed E-state index contributed by atoms with van der Waals surface area (Å²) < 4.78 is 7.17. The Kier molecular flexibility index (Phi) is 9.09. The predicted octanol–water partition coefficient (Wildman–Crippen LogP) is 2.12. The van der Waals surface area contributed by atoms with Gasteiger partial charge in [0, 0.05) is 33.7 Å². The summed E-state index contributed by atoms with van der Waals surface area (Å²) in [6.07, 6.45) is 4.16. The molecule has 0 bridgehead atoms. The minimum atomic E-state index is 0. The number of fused-ring (bicyclic) bond motifs is 1. The van der Waals surface area contributed by atoms with Crippen LogP contribution in [0.3, 0.4) is 0 Å². The average molecular weight is 524 g/mol. The van der Waals surface area contributed by atoms with Gasteiger partial charge in [-0.25, -0.2) is 9.97 Å². The molecule has 0 fully saturated rings. The molecule has 3 rings (SSSR count). The highest BCUT2D eigenvalue weighted by Gasteiger charge is 2.07. The number of rotatable bonds is 8. The molecule has 0 saturated carbocycles. The molecule has 0 spiro atoms. The Balaban J connectivity index is 0.00000320. The van der Waals surface area contributed by atoms with Crippen LogP contribution in [-0.4, -0.2) is 59.5 Å². The number of benzene rings is 1. The Hall–Kier alpha value is -2.63. The highest BCUT2D eigenvalue weighted by Crippen LogP contribution is 2.19. The molecule has 0 atom stereocenters. The molecule has 0 amide bonds. The molecule has 10 heteroatoms. The minimum absolute atomic E-state index is 0. The van der Waals surface area contributed by atoms with Gasteiger partial charge in [0.15, 0.2) is 11.6 Å². The Morgan fingerprint density at radius 3 is 2.73 bits per heavy atom. The van der Waals surface area contributed by atoms with Crippen molar-refractivity contribution in [2.75, 3.05) is 39.1 Å². The first-order valence-corrected chi connectivity index (χ1v) is 9.57. The van der Waals surface area contributed by atoms with E-state index in [1.54, 1.807) is 31.4 Å². The third kappa shape index (κ3) is 5.94. The van der Waals surface area contributed by atoms with Gasteiger partial charge in [0.1, 0.15) is 17.9 Å². The van der Waals surface area contributed by atoms with Crippen LogP contribution in [-0.2, 0) is 13.5 Å². The second-order valence-corrected chi connectivity index (χ2v) is 6.65. The quantitative estimate of drug-likeness (QED) is 0.180. The van der Waals surface area contributed by atoms with E-state index < -0.39 is 0 Å². The lowest BCUT2D eigenvalue weighted by molar-refractivity contribution is 0.409. The molecule has 0 aliphatic carbocycles. The summed E-state index contributed by atoms with van der Waals surface area (Å²) in [4.78, 5) is 12.8. The topological polar surface area (TPSA) is 101 Å². The van der Waals surface area contributed by atoms with Crippen LogP contribution in [0.2, 0.25) is 0 Å². The maximum absolute atomic E-state index is 5.44. The zero-order valence-electron chi connectivity index (χ0n) is 17.8. The van der Waals surface area contributed by atoms with Crippen molar-refractivity contribution in [2.45, 2.75) is 13.3 Å². The summed E-state index contributed by atoms with van der Waals surface area (Å²) in [5.74, 6) is 2.45. The van der Waals surface area contributed by atoms with E-state index in [1.165, 1.54) is 11.1 Å². The predicted molar refractivity (Wildman–Crippen MR) is 131 cm³/mol. The molecule has 2 aromatic heterocycles. The SMILES string of the molecule is CN=C(NCCNc1ncnc2c1cnn2C)NCCc1cc(C)ccc1OC.I. The van der Waals surface area contributed by atoms with Crippen LogP contribution >= 0.6 is 24.0 Å². The molecule has 3 N–H and O–H groups in total. The first-order valence-electron chi connectivity index (χ1n) is 9.57. The molecular weight excluding hydrogens is 495 g/mol. The normalized spacial score (nSPS) is 11.1. The fourth-order valence-electron chi connectivity index (χ4n) is 3.10. The number of ether oxygens (including phenoxy) is 1. The molecule has 1 aromatic carbocycles. The zero-order valence-corrected chi connectivity index (χ0v) is 20.1. The molecule has 30 heavy (non-hydrogen) atoms. The van der Waals surface area contributed by atoms with Gasteiger partial charge in [0.25, 0.3) is 0 Å². The van der Waals surface area contributed by atoms with E-state index in [2.05, 4.69) is 55.1 Å². The van der Waals surface area contributed by atoms with Gasteiger partial charge in [0.05, 0.1) is 18.7 Å². The third-order valence-corrected chi connectivity index (χ3v) is 4.59. The molecule has 0 aliphatic heterocycles. The van der Waals surface area contributed by atoms with Crippen molar-refractivity contribution in [3.05, 3.63) is 41.9 Å². The minimum Gasteiger partial charge on any atom is -0.496 e. The van der Waals surface area contributed by atoms with Gasteiger partial charge in [-0.1, -0.05) is 17.7 Å². The van der Waals surface area contributed by atoms with Gasteiger partial charge in [0.2, 0.25) is 0 Å². The van der Waals surface area contributed by atoms with Gasteiger partial charge < -0.3 is 20.7 Å².